The summed E-state index contributed by atoms with van der Waals surface area (Å²) in [5, 5.41) is 3.15. The molecule has 0 bridgehead atoms. The Morgan fingerprint density at radius 1 is 1.10 bits per heavy atom. The van der Waals surface area contributed by atoms with Gasteiger partial charge in [-0.15, -0.1) is 0 Å². The van der Waals surface area contributed by atoms with Crippen molar-refractivity contribution in [2.24, 2.45) is 0 Å². The number of hydrogen-bond donors (Lipinski definition) is 1. The number of likely N-dealkylation sites (N-methyl/N-ethyl adjacent to an activating group) is 1. The molecule has 9 heteroatoms. The molecule has 0 spiro atoms. The van der Waals surface area contributed by atoms with Crippen LogP contribution in [0.5, 0.6) is 0 Å². The molecule has 30 heavy (non-hydrogen) atoms. The molecule has 1 N–H and O–H groups in total. The van der Waals surface area contributed by atoms with Crippen LogP contribution in [0, 0.1) is 6.92 Å². The summed E-state index contributed by atoms with van der Waals surface area (Å²) in [5.41, 5.74) is 1.69. The largest absolute Gasteiger partial charge is 0.339 e. The Bertz CT molecular complexity index is 1050. The predicted molar refractivity (Wildman–Crippen MR) is 116 cm³/mol. The number of sulfonamides is 1. The zero-order valence-electron chi connectivity index (χ0n) is 16.9. The third kappa shape index (κ3) is 4.83. The van der Waals surface area contributed by atoms with Gasteiger partial charge in [0.25, 0.3) is 5.91 Å². The first kappa shape index (κ1) is 22.3. The van der Waals surface area contributed by atoms with Crippen molar-refractivity contribution < 1.29 is 18.0 Å². The van der Waals surface area contributed by atoms with Gasteiger partial charge < -0.3 is 10.2 Å². The number of halogens is 1. The SMILES string of the molecule is Cc1c(NC(=O)CN(C)S(=O)(=O)c2ccc(Cl)cc2)cccc1C(=O)N1CCCC1. The summed E-state index contributed by atoms with van der Waals surface area (Å²) in [6.45, 7) is 2.88. The second-order valence-corrected chi connectivity index (χ2v) is 9.72. The smallest absolute Gasteiger partial charge is 0.254 e. The first-order valence-corrected chi connectivity index (χ1v) is 11.4. The van der Waals surface area contributed by atoms with Crippen molar-refractivity contribution in [3.8, 4) is 0 Å². The van der Waals surface area contributed by atoms with Crippen LogP contribution in [0.4, 0.5) is 5.69 Å². The van der Waals surface area contributed by atoms with Crippen LogP contribution in [-0.2, 0) is 14.8 Å². The maximum Gasteiger partial charge on any atom is 0.254 e. The van der Waals surface area contributed by atoms with Crippen molar-refractivity contribution in [2.45, 2.75) is 24.7 Å². The Hall–Kier alpha value is -2.42. The van der Waals surface area contributed by atoms with Gasteiger partial charge in [0.2, 0.25) is 15.9 Å². The zero-order valence-corrected chi connectivity index (χ0v) is 18.5. The first-order valence-electron chi connectivity index (χ1n) is 9.61. The van der Waals surface area contributed by atoms with Crippen LogP contribution < -0.4 is 5.32 Å². The van der Waals surface area contributed by atoms with Gasteiger partial charge in [-0.1, -0.05) is 17.7 Å². The third-order valence-electron chi connectivity index (χ3n) is 5.12. The standard InChI is InChI=1S/C21H24ClN3O4S/c1-15-18(21(27)25-12-3-4-13-25)6-5-7-19(15)23-20(26)14-24(2)30(28,29)17-10-8-16(22)9-11-17/h5-11H,3-4,12-14H2,1-2H3,(H,23,26). The van der Waals surface area contributed by atoms with E-state index in [1.807, 2.05) is 0 Å². The highest BCUT2D eigenvalue weighted by molar-refractivity contribution is 7.89. The van der Waals surface area contributed by atoms with Crippen LogP contribution in [0.15, 0.2) is 47.4 Å². The van der Waals surface area contributed by atoms with Crippen molar-refractivity contribution in [1.29, 1.82) is 0 Å². The number of nitrogens with one attached hydrogen (secondary N) is 1. The zero-order chi connectivity index (χ0) is 21.9. The second kappa shape index (κ2) is 9.16. The minimum Gasteiger partial charge on any atom is -0.339 e. The molecule has 2 amide bonds. The minimum absolute atomic E-state index is 0.0523. The number of nitrogens with zero attached hydrogens (tertiary/aromatic N) is 2. The van der Waals surface area contributed by atoms with Crippen molar-refractivity contribution in [3.63, 3.8) is 0 Å². The number of benzene rings is 2. The maximum atomic E-state index is 12.7. The van der Waals surface area contributed by atoms with Crippen molar-refractivity contribution >= 4 is 39.1 Å². The van der Waals surface area contributed by atoms with E-state index >= 15 is 0 Å². The van der Waals surface area contributed by atoms with Gasteiger partial charge in [0.05, 0.1) is 11.4 Å². The fraction of sp³-hybridized carbons (Fsp3) is 0.333. The normalized spacial score (nSPS) is 14.2. The summed E-state index contributed by atoms with van der Waals surface area (Å²) in [6, 6.07) is 10.9. The lowest BCUT2D eigenvalue weighted by atomic mass is 10.1. The molecular formula is C21H24ClN3O4S. The Balaban J connectivity index is 1.70. The average Bonchev–Trinajstić information content (AvgIpc) is 3.24. The molecule has 2 aromatic rings. The molecule has 0 radical (unpaired) electrons. The van der Waals surface area contributed by atoms with E-state index in [-0.39, 0.29) is 17.3 Å². The van der Waals surface area contributed by atoms with Gasteiger partial charge in [0.15, 0.2) is 0 Å². The van der Waals surface area contributed by atoms with Crippen LogP contribution >= 0.6 is 11.6 Å². The van der Waals surface area contributed by atoms with Gasteiger partial charge in [0.1, 0.15) is 0 Å². The van der Waals surface area contributed by atoms with E-state index in [1.165, 1.54) is 31.3 Å². The number of amides is 2. The Labute approximate surface area is 181 Å². The van der Waals surface area contributed by atoms with Gasteiger partial charge in [0, 0.05) is 36.4 Å². The molecule has 1 heterocycles. The molecule has 0 aliphatic carbocycles. The van der Waals surface area contributed by atoms with Crippen LogP contribution in [0.25, 0.3) is 0 Å². The number of carbonyl (C=O) groups excluding carboxylic acids is 2. The predicted octanol–water partition coefficient (Wildman–Crippen LogP) is 3.14. The number of hydrogen-bond acceptors (Lipinski definition) is 4. The summed E-state index contributed by atoms with van der Waals surface area (Å²) in [6.07, 6.45) is 1.99. The molecule has 0 saturated carbocycles. The minimum atomic E-state index is -3.83. The summed E-state index contributed by atoms with van der Waals surface area (Å²) in [7, 11) is -2.50. The lowest BCUT2D eigenvalue weighted by Gasteiger charge is -2.19. The van der Waals surface area contributed by atoms with Crippen LogP contribution in [0.2, 0.25) is 5.02 Å². The van der Waals surface area contributed by atoms with Crippen LogP contribution in [-0.4, -0.2) is 56.1 Å². The highest BCUT2D eigenvalue weighted by atomic mass is 35.5. The van der Waals surface area contributed by atoms with E-state index in [0.29, 0.717) is 21.8 Å². The van der Waals surface area contributed by atoms with Gasteiger partial charge >= 0.3 is 0 Å². The van der Waals surface area contributed by atoms with Gasteiger partial charge in [-0.25, -0.2) is 8.42 Å². The van der Waals surface area contributed by atoms with E-state index in [1.54, 1.807) is 30.0 Å². The Morgan fingerprint density at radius 2 is 1.73 bits per heavy atom. The molecule has 1 aliphatic heterocycles. The lowest BCUT2D eigenvalue weighted by molar-refractivity contribution is -0.116. The number of rotatable bonds is 6. The van der Waals surface area contributed by atoms with Crippen molar-refractivity contribution in [1.82, 2.24) is 9.21 Å². The monoisotopic (exact) mass is 449 g/mol. The molecule has 2 aromatic carbocycles. The molecule has 0 aromatic heterocycles. The molecule has 3 rings (SSSR count). The molecule has 0 atom stereocenters. The Kier molecular flexibility index (Phi) is 6.80. The maximum absolute atomic E-state index is 12.7. The van der Waals surface area contributed by atoms with Crippen LogP contribution in [0.3, 0.4) is 0 Å². The summed E-state index contributed by atoms with van der Waals surface area (Å²) in [5.74, 6) is -0.549. The van der Waals surface area contributed by atoms with Gasteiger partial charge in [-0.05, 0) is 61.7 Å². The molecule has 7 nitrogen and oxygen atoms in total. The first-order chi connectivity index (χ1) is 14.2. The third-order valence-corrected chi connectivity index (χ3v) is 7.19. The number of likely N-dealkylation sites (tertiary alicyclic amines) is 1. The fourth-order valence-corrected chi connectivity index (χ4v) is 4.61. The molecule has 160 valence electrons. The van der Waals surface area contributed by atoms with Gasteiger partial charge in [-0.3, -0.25) is 9.59 Å². The average molecular weight is 450 g/mol. The molecule has 1 saturated heterocycles. The number of anilines is 1. The van der Waals surface area contributed by atoms with Gasteiger partial charge in [-0.2, -0.15) is 4.31 Å². The molecular weight excluding hydrogens is 426 g/mol. The highest BCUT2D eigenvalue weighted by Crippen LogP contribution is 2.23. The Morgan fingerprint density at radius 3 is 2.37 bits per heavy atom. The van der Waals surface area contributed by atoms with Crippen molar-refractivity contribution in [2.75, 3.05) is 32.0 Å². The number of carbonyl (C=O) groups is 2. The van der Waals surface area contributed by atoms with E-state index < -0.39 is 15.9 Å². The summed E-state index contributed by atoms with van der Waals surface area (Å²) < 4.78 is 26.3. The summed E-state index contributed by atoms with van der Waals surface area (Å²) in [4.78, 5) is 27.1. The molecule has 1 aliphatic rings. The summed E-state index contributed by atoms with van der Waals surface area (Å²) >= 11 is 5.81. The van der Waals surface area contributed by atoms with Crippen molar-refractivity contribution in [3.05, 3.63) is 58.6 Å². The molecule has 0 unspecified atom stereocenters. The van der Waals surface area contributed by atoms with E-state index in [0.717, 1.165) is 30.2 Å². The van der Waals surface area contributed by atoms with E-state index in [2.05, 4.69) is 5.32 Å². The fourth-order valence-electron chi connectivity index (χ4n) is 3.36. The highest BCUT2D eigenvalue weighted by Gasteiger charge is 2.24. The van der Waals surface area contributed by atoms with E-state index in [4.69, 9.17) is 11.6 Å². The molecule has 1 fully saturated rings. The quantitative estimate of drug-likeness (QED) is 0.733. The van der Waals surface area contributed by atoms with E-state index in [9.17, 15) is 18.0 Å². The topological polar surface area (TPSA) is 86.8 Å². The van der Waals surface area contributed by atoms with Crippen LogP contribution in [0.1, 0.15) is 28.8 Å². The lowest BCUT2D eigenvalue weighted by Crippen LogP contribution is -2.35. The second-order valence-electron chi connectivity index (χ2n) is 7.24.